The summed E-state index contributed by atoms with van der Waals surface area (Å²) in [6, 6.07) is 5.03. The van der Waals surface area contributed by atoms with E-state index in [0.717, 1.165) is 12.8 Å². The molecule has 1 aromatic rings. The van der Waals surface area contributed by atoms with E-state index in [1.165, 1.54) is 0 Å². The number of carbonyl (C=O) groups is 2. The van der Waals surface area contributed by atoms with E-state index < -0.39 is 5.41 Å². The molecule has 0 atom stereocenters. The number of benzene rings is 1. The summed E-state index contributed by atoms with van der Waals surface area (Å²) < 4.78 is 0. The quantitative estimate of drug-likeness (QED) is 0.737. The lowest BCUT2D eigenvalue weighted by Gasteiger charge is -2.26. The fourth-order valence-electron chi connectivity index (χ4n) is 2.67. The number of hydrogen-bond acceptors (Lipinski definition) is 2. The molecule has 0 saturated heterocycles. The number of para-hydroxylation sites is 1. The zero-order valence-corrected chi connectivity index (χ0v) is 15.0. The van der Waals surface area contributed by atoms with Gasteiger partial charge in [0.25, 0.3) is 0 Å². The highest BCUT2D eigenvalue weighted by Crippen LogP contribution is 2.49. The molecule has 4 nitrogen and oxygen atoms in total. The molecule has 1 aromatic carbocycles. The lowest BCUT2D eigenvalue weighted by atomic mass is 10.0. The van der Waals surface area contributed by atoms with E-state index in [-0.39, 0.29) is 11.8 Å². The molecule has 0 aliphatic heterocycles. The van der Waals surface area contributed by atoms with Crippen molar-refractivity contribution < 1.29 is 9.59 Å². The second kappa shape index (κ2) is 7.54. The normalized spacial score (nSPS) is 15.1. The summed E-state index contributed by atoms with van der Waals surface area (Å²) in [4.78, 5) is 27.3. The van der Waals surface area contributed by atoms with Crippen molar-refractivity contribution in [1.82, 2.24) is 4.90 Å². The van der Waals surface area contributed by atoms with Gasteiger partial charge in [0, 0.05) is 13.1 Å². The number of anilines is 1. The average molecular weight is 357 g/mol. The van der Waals surface area contributed by atoms with Gasteiger partial charge in [-0.3, -0.25) is 9.59 Å². The number of nitrogens with one attached hydrogen (secondary N) is 1. The van der Waals surface area contributed by atoms with Gasteiger partial charge in [-0.15, -0.1) is 0 Å². The first-order chi connectivity index (χ1) is 11.0. The van der Waals surface area contributed by atoms with Crippen LogP contribution in [0.1, 0.15) is 39.5 Å². The zero-order valence-electron chi connectivity index (χ0n) is 13.5. The topological polar surface area (TPSA) is 49.4 Å². The van der Waals surface area contributed by atoms with Crippen molar-refractivity contribution in [2.75, 3.05) is 18.4 Å². The Kier molecular flexibility index (Phi) is 5.93. The van der Waals surface area contributed by atoms with Crippen molar-refractivity contribution >= 4 is 40.7 Å². The lowest BCUT2D eigenvalue weighted by Crippen LogP contribution is -2.43. The Bertz CT molecular complexity index is 574. The van der Waals surface area contributed by atoms with Crippen molar-refractivity contribution in [3.8, 4) is 0 Å². The summed E-state index contributed by atoms with van der Waals surface area (Å²) >= 11 is 12.2. The number of halogens is 2. The predicted octanol–water partition coefficient (Wildman–Crippen LogP) is 4.36. The Morgan fingerprint density at radius 1 is 1.13 bits per heavy atom. The number of carbonyl (C=O) groups excluding carboxylic acids is 2. The predicted molar refractivity (Wildman–Crippen MR) is 93.9 cm³/mol. The van der Waals surface area contributed by atoms with E-state index in [9.17, 15) is 9.59 Å². The number of nitrogens with zero attached hydrogens (tertiary/aromatic N) is 1. The van der Waals surface area contributed by atoms with Gasteiger partial charge >= 0.3 is 0 Å². The largest absolute Gasteiger partial charge is 0.342 e. The van der Waals surface area contributed by atoms with E-state index in [4.69, 9.17) is 23.2 Å². The van der Waals surface area contributed by atoms with Crippen molar-refractivity contribution in [3.05, 3.63) is 28.2 Å². The smallest absolute Gasteiger partial charge is 0.240 e. The van der Waals surface area contributed by atoms with Crippen LogP contribution in [0.3, 0.4) is 0 Å². The Hall–Kier alpha value is -1.26. The molecular formula is C17H22Cl2N2O2. The van der Waals surface area contributed by atoms with Crippen molar-refractivity contribution in [3.63, 3.8) is 0 Å². The average Bonchev–Trinajstić information content (AvgIpc) is 3.32. The molecular weight excluding hydrogens is 335 g/mol. The number of amides is 2. The second-order valence-corrected chi connectivity index (χ2v) is 6.74. The SMILES string of the molecule is CCCN(CCC)C(=O)C1(C(=O)Nc2c(Cl)cccc2Cl)CC1. The summed E-state index contributed by atoms with van der Waals surface area (Å²) in [6.45, 7) is 5.40. The molecule has 0 spiro atoms. The zero-order chi connectivity index (χ0) is 17.0. The molecule has 0 radical (unpaired) electrons. The van der Waals surface area contributed by atoms with Crippen LogP contribution in [0, 0.1) is 5.41 Å². The maximum absolute atomic E-state index is 12.8. The Balaban J connectivity index is 2.16. The number of rotatable bonds is 7. The Morgan fingerprint density at radius 2 is 1.65 bits per heavy atom. The van der Waals surface area contributed by atoms with Crippen LogP contribution < -0.4 is 5.32 Å². The van der Waals surface area contributed by atoms with E-state index in [2.05, 4.69) is 5.32 Å². The lowest BCUT2D eigenvalue weighted by molar-refractivity contribution is -0.142. The van der Waals surface area contributed by atoms with Gasteiger partial charge in [-0.1, -0.05) is 43.1 Å². The molecule has 0 unspecified atom stereocenters. The van der Waals surface area contributed by atoms with Gasteiger partial charge < -0.3 is 10.2 Å². The molecule has 126 valence electrons. The molecule has 23 heavy (non-hydrogen) atoms. The van der Waals surface area contributed by atoms with Crippen LogP contribution >= 0.6 is 23.2 Å². The first-order valence-corrected chi connectivity index (χ1v) is 8.76. The third-order valence-corrected chi connectivity index (χ3v) is 4.70. The van der Waals surface area contributed by atoms with Crippen molar-refractivity contribution in [2.45, 2.75) is 39.5 Å². The molecule has 2 rings (SSSR count). The third-order valence-electron chi connectivity index (χ3n) is 4.07. The summed E-state index contributed by atoms with van der Waals surface area (Å²) in [6.07, 6.45) is 2.90. The standard InChI is InChI=1S/C17H22Cl2N2O2/c1-3-10-21(11-4-2)16(23)17(8-9-17)15(22)20-14-12(18)6-5-7-13(14)19/h5-7H,3-4,8-11H2,1-2H3,(H,20,22). The van der Waals surface area contributed by atoms with Gasteiger partial charge in [0.2, 0.25) is 11.8 Å². The highest BCUT2D eigenvalue weighted by molar-refractivity contribution is 6.40. The summed E-state index contributed by atoms with van der Waals surface area (Å²) in [5.74, 6) is -0.392. The van der Waals surface area contributed by atoms with Gasteiger partial charge in [-0.25, -0.2) is 0 Å². The molecule has 2 amide bonds. The van der Waals surface area contributed by atoms with E-state index >= 15 is 0 Å². The van der Waals surface area contributed by atoms with Crippen LogP contribution in [0.15, 0.2) is 18.2 Å². The highest BCUT2D eigenvalue weighted by atomic mass is 35.5. The minimum atomic E-state index is -0.952. The van der Waals surface area contributed by atoms with Gasteiger partial charge in [0.1, 0.15) is 5.41 Å². The van der Waals surface area contributed by atoms with E-state index in [1.54, 1.807) is 23.1 Å². The Morgan fingerprint density at radius 3 is 2.09 bits per heavy atom. The first-order valence-electron chi connectivity index (χ1n) is 8.01. The summed E-state index contributed by atoms with van der Waals surface area (Å²) in [5, 5.41) is 3.49. The van der Waals surface area contributed by atoms with Gasteiger partial charge in [0.05, 0.1) is 15.7 Å². The maximum atomic E-state index is 12.8. The number of hydrogen-bond donors (Lipinski definition) is 1. The maximum Gasteiger partial charge on any atom is 0.240 e. The molecule has 0 heterocycles. The summed E-state index contributed by atoms with van der Waals surface area (Å²) in [5.41, 5.74) is -0.579. The highest BCUT2D eigenvalue weighted by Gasteiger charge is 2.58. The molecule has 0 aromatic heterocycles. The van der Waals surface area contributed by atoms with Crippen LogP contribution in [-0.4, -0.2) is 29.8 Å². The monoisotopic (exact) mass is 356 g/mol. The third kappa shape index (κ3) is 3.81. The van der Waals surface area contributed by atoms with Crippen LogP contribution in [0.5, 0.6) is 0 Å². The minimum absolute atomic E-state index is 0.0816. The summed E-state index contributed by atoms with van der Waals surface area (Å²) in [7, 11) is 0. The molecule has 6 heteroatoms. The first kappa shape index (κ1) is 18.1. The molecule has 1 aliphatic rings. The van der Waals surface area contributed by atoms with Gasteiger partial charge in [-0.05, 0) is 37.8 Å². The van der Waals surface area contributed by atoms with E-state index in [0.29, 0.717) is 41.7 Å². The van der Waals surface area contributed by atoms with Crippen molar-refractivity contribution in [2.24, 2.45) is 5.41 Å². The molecule has 1 saturated carbocycles. The fourth-order valence-corrected chi connectivity index (χ4v) is 3.16. The van der Waals surface area contributed by atoms with E-state index in [1.807, 2.05) is 13.8 Å². The Labute approximate surface area is 147 Å². The fraction of sp³-hybridized carbons (Fsp3) is 0.529. The van der Waals surface area contributed by atoms with Crippen LogP contribution in [0.2, 0.25) is 10.0 Å². The minimum Gasteiger partial charge on any atom is -0.342 e. The van der Waals surface area contributed by atoms with Gasteiger partial charge in [-0.2, -0.15) is 0 Å². The molecule has 1 aliphatic carbocycles. The molecule has 1 N–H and O–H groups in total. The van der Waals surface area contributed by atoms with Gasteiger partial charge in [0.15, 0.2) is 0 Å². The van der Waals surface area contributed by atoms with Crippen LogP contribution in [-0.2, 0) is 9.59 Å². The van der Waals surface area contributed by atoms with Crippen LogP contribution in [0.25, 0.3) is 0 Å². The molecule has 1 fully saturated rings. The second-order valence-electron chi connectivity index (χ2n) is 5.93. The van der Waals surface area contributed by atoms with Crippen molar-refractivity contribution in [1.29, 1.82) is 0 Å². The van der Waals surface area contributed by atoms with Crippen LogP contribution in [0.4, 0.5) is 5.69 Å². The molecule has 0 bridgehead atoms.